The normalized spacial score (nSPS) is 14.6. The summed E-state index contributed by atoms with van der Waals surface area (Å²) in [6.45, 7) is 8.85. The quantitative estimate of drug-likeness (QED) is 0.0851. The first-order valence-electron chi connectivity index (χ1n) is 14.6. The third-order valence-electron chi connectivity index (χ3n) is 7.45. The Bertz CT molecular complexity index is 344. The molecule has 2 heteroatoms. The first kappa shape index (κ1) is 30.9. The van der Waals surface area contributed by atoms with Gasteiger partial charge in [0.05, 0.1) is 20.1 Å². The highest BCUT2D eigenvalue weighted by Crippen LogP contribution is 2.17. The van der Waals surface area contributed by atoms with E-state index in [4.69, 9.17) is 0 Å². The lowest BCUT2D eigenvalue weighted by Gasteiger charge is -2.37. The maximum Gasteiger partial charge on any atom is 0.187 e. The second-order valence-corrected chi connectivity index (χ2v) is 10.6. The number of hydrogen-bond donors (Lipinski definition) is 1. The molecule has 1 N–H and O–H groups in total. The number of quaternary nitrogens is 1. The van der Waals surface area contributed by atoms with Crippen molar-refractivity contribution >= 4 is 0 Å². The van der Waals surface area contributed by atoms with Gasteiger partial charge in [0, 0.05) is 6.92 Å². The topological polar surface area (TPSA) is 20.2 Å². The summed E-state index contributed by atoms with van der Waals surface area (Å²) in [5.41, 5.74) is 0. The van der Waals surface area contributed by atoms with Crippen LogP contribution in [0.3, 0.4) is 0 Å². The van der Waals surface area contributed by atoms with Crippen LogP contribution in [0.1, 0.15) is 162 Å². The number of hydrogen-bond acceptors (Lipinski definition) is 1. The predicted octanol–water partition coefficient (Wildman–Crippen LogP) is 9.39. The molecule has 2 nitrogen and oxygen atoms in total. The Kier molecular flexibility index (Phi) is 23.0. The highest BCUT2D eigenvalue weighted by Gasteiger charge is 2.26. The van der Waals surface area contributed by atoms with Crippen LogP contribution in [0.25, 0.3) is 0 Å². The number of unbranched alkanes of at least 4 members (excludes halogenated alkanes) is 20. The SMILES string of the molecule is CCCCCCCCCCCCCCCCCC[N+](C)(CCCCCCCC)C(C)O. The monoisotopic (exact) mass is 440 g/mol. The second-order valence-electron chi connectivity index (χ2n) is 10.6. The molecule has 2 unspecified atom stereocenters. The van der Waals surface area contributed by atoms with Crippen molar-refractivity contribution in [1.29, 1.82) is 0 Å². The molecule has 0 rings (SSSR count). The molecule has 188 valence electrons. The fourth-order valence-electron chi connectivity index (χ4n) is 4.76. The van der Waals surface area contributed by atoms with Gasteiger partial charge < -0.3 is 9.59 Å². The van der Waals surface area contributed by atoms with Crippen molar-refractivity contribution in [3.05, 3.63) is 0 Å². The van der Waals surface area contributed by atoms with Crippen LogP contribution in [-0.2, 0) is 0 Å². The minimum atomic E-state index is -0.230. The van der Waals surface area contributed by atoms with Gasteiger partial charge in [-0.1, -0.05) is 129 Å². The highest BCUT2D eigenvalue weighted by molar-refractivity contribution is 4.51. The molecular formula is C29H62NO+. The smallest absolute Gasteiger partial charge is 0.187 e. The molecule has 0 aliphatic carbocycles. The van der Waals surface area contributed by atoms with Crippen LogP contribution in [0, 0.1) is 0 Å². The molecule has 0 spiro atoms. The van der Waals surface area contributed by atoms with Crippen molar-refractivity contribution in [2.75, 3.05) is 20.1 Å². The third kappa shape index (κ3) is 20.3. The van der Waals surface area contributed by atoms with Crippen molar-refractivity contribution < 1.29 is 9.59 Å². The number of rotatable bonds is 25. The summed E-state index contributed by atoms with van der Waals surface area (Å²) in [6.07, 6.45) is 30.6. The molecule has 2 atom stereocenters. The summed E-state index contributed by atoms with van der Waals surface area (Å²) in [5.74, 6) is 0. The lowest BCUT2D eigenvalue weighted by Crippen LogP contribution is -2.52. The van der Waals surface area contributed by atoms with Gasteiger partial charge in [-0.25, -0.2) is 0 Å². The van der Waals surface area contributed by atoms with Gasteiger partial charge in [0.1, 0.15) is 0 Å². The van der Waals surface area contributed by atoms with Gasteiger partial charge in [0.25, 0.3) is 0 Å². The van der Waals surface area contributed by atoms with Crippen LogP contribution in [-0.4, -0.2) is 36.0 Å². The molecule has 0 aliphatic rings. The number of nitrogens with zero attached hydrogens (tertiary/aromatic N) is 1. The first-order chi connectivity index (χ1) is 15.1. The predicted molar refractivity (Wildman–Crippen MR) is 141 cm³/mol. The van der Waals surface area contributed by atoms with E-state index in [2.05, 4.69) is 20.9 Å². The molecule has 0 amide bonds. The summed E-state index contributed by atoms with van der Waals surface area (Å²) in [6, 6.07) is 0. The summed E-state index contributed by atoms with van der Waals surface area (Å²) in [7, 11) is 2.27. The van der Waals surface area contributed by atoms with Gasteiger partial charge in [-0.05, 0) is 25.7 Å². The Balaban J connectivity index is 3.49. The minimum absolute atomic E-state index is 0.230. The van der Waals surface area contributed by atoms with Crippen molar-refractivity contribution in [2.24, 2.45) is 0 Å². The Morgan fingerprint density at radius 2 is 0.677 bits per heavy atom. The Morgan fingerprint density at radius 3 is 0.903 bits per heavy atom. The second kappa shape index (κ2) is 23.1. The summed E-state index contributed by atoms with van der Waals surface area (Å²) < 4.78 is 0.854. The molecule has 0 fully saturated rings. The van der Waals surface area contributed by atoms with E-state index < -0.39 is 0 Å². The lowest BCUT2D eigenvalue weighted by molar-refractivity contribution is -0.952. The van der Waals surface area contributed by atoms with Crippen molar-refractivity contribution in [2.45, 2.75) is 168 Å². The van der Waals surface area contributed by atoms with Gasteiger partial charge in [-0.15, -0.1) is 0 Å². The van der Waals surface area contributed by atoms with Gasteiger partial charge >= 0.3 is 0 Å². The van der Waals surface area contributed by atoms with Crippen molar-refractivity contribution in [1.82, 2.24) is 0 Å². The van der Waals surface area contributed by atoms with Gasteiger partial charge in [-0.3, -0.25) is 0 Å². The molecule has 0 bridgehead atoms. The molecule has 0 saturated heterocycles. The molecule has 31 heavy (non-hydrogen) atoms. The standard InChI is InChI=1S/C29H62NO/c1-5-7-9-11-13-14-15-16-17-18-19-20-21-22-24-26-28-30(4,29(3)31)27-25-23-12-10-8-6-2/h29,31H,5-28H2,1-4H3/q+1. The van der Waals surface area contributed by atoms with Gasteiger partial charge in [0.2, 0.25) is 0 Å². The maximum atomic E-state index is 10.3. The molecule has 0 radical (unpaired) electrons. The van der Waals surface area contributed by atoms with Gasteiger partial charge in [0.15, 0.2) is 6.23 Å². The van der Waals surface area contributed by atoms with E-state index in [1.807, 2.05) is 6.92 Å². The molecule has 0 aromatic rings. The van der Waals surface area contributed by atoms with Crippen molar-refractivity contribution in [3.8, 4) is 0 Å². The Labute approximate surface area is 198 Å². The van der Waals surface area contributed by atoms with E-state index in [0.717, 1.165) is 17.6 Å². The van der Waals surface area contributed by atoms with Crippen LogP contribution in [0.2, 0.25) is 0 Å². The summed E-state index contributed by atoms with van der Waals surface area (Å²) in [4.78, 5) is 0. The van der Waals surface area contributed by atoms with E-state index in [9.17, 15) is 5.11 Å². The summed E-state index contributed by atoms with van der Waals surface area (Å²) in [5, 5.41) is 10.3. The molecule has 0 heterocycles. The fourth-order valence-corrected chi connectivity index (χ4v) is 4.76. The maximum absolute atomic E-state index is 10.3. The van der Waals surface area contributed by atoms with Crippen molar-refractivity contribution in [3.63, 3.8) is 0 Å². The fraction of sp³-hybridized carbons (Fsp3) is 1.00. The van der Waals surface area contributed by atoms with Crippen LogP contribution in [0.4, 0.5) is 0 Å². The Hall–Kier alpha value is -0.0800. The average molecular weight is 441 g/mol. The highest BCUT2D eigenvalue weighted by atomic mass is 16.3. The molecule has 0 aliphatic heterocycles. The van der Waals surface area contributed by atoms with E-state index in [-0.39, 0.29) is 6.23 Å². The third-order valence-corrected chi connectivity index (χ3v) is 7.45. The van der Waals surface area contributed by atoms with E-state index in [0.29, 0.717) is 0 Å². The zero-order chi connectivity index (χ0) is 23.0. The molecular weight excluding hydrogens is 378 g/mol. The van der Waals surface area contributed by atoms with Gasteiger partial charge in [-0.2, -0.15) is 0 Å². The minimum Gasteiger partial charge on any atom is -0.345 e. The van der Waals surface area contributed by atoms with E-state index >= 15 is 0 Å². The molecule has 0 saturated carbocycles. The zero-order valence-corrected chi connectivity index (χ0v) is 22.4. The number of aliphatic hydroxyl groups excluding tert-OH is 1. The van der Waals surface area contributed by atoms with Crippen LogP contribution in [0.5, 0.6) is 0 Å². The average Bonchev–Trinajstić information content (AvgIpc) is 2.75. The lowest BCUT2D eigenvalue weighted by atomic mass is 10.0. The largest absolute Gasteiger partial charge is 0.345 e. The zero-order valence-electron chi connectivity index (χ0n) is 22.4. The van der Waals surface area contributed by atoms with Crippen LogP contribution >= 0.6 is 0 Å². The van der Waals surface area contributed by atoms with E-state index in [1.54, 1.807) is 0 Å². The van der Waals surface area contributed by atoms with Crippen LogP contribution in [0.15, 0.2) is 0 Å². The number of aliphatic hydroxyl groups is 1. The first-order valence-corrected chi connectivity index (χ1v) is 14.6. The van der Waals surface area contributed by atoms with E-state index in [1.165, 1.54) is 141 Å². The Morgan fingerprint density at radius 1 is 0.452 bits per heavy atom. The summed E-state index contributed by atoms with van der Waals surface area (Å²) >= 11 is 0. The molecule has 0 aromatic carbocycles. The van der Waals surface area contributed by atoms with Crippen LogP contribution < -0.4 is 0 Å². The molecule has 0 aromatic heterocycles.